The van der Waals surface area contributed by atoms with Crippen LogP contribution in [0.25, 0.3) is 0 Å². The van der Waals surface area contributed by atoms with E-state index >= 15 is 0 Å². The third-order valence-corrected chi connectivity index (χ3v) is 7.17. The van der Waals surface area contributed by atoms with E-state index in [1.807, 2.05) is 0 Å². The highest BCUT2D eigenvalue weighted by atomic mass is 32.2. The lowest BCUT2D eigenvalue weighted by Gasteiger charge is -2.38. The second kappa shape index (κ2) is 10.8. The number of hydrogen-bond acceptors (Lipinski definition) is 7. The van der Waals surface area contributed by atoms with E-state index < -0.39 is 0 Å². The number of rotatable bonds is 10. The molecule has 1 saturated heterocycles. The SMILES string of the molecule is CC(C)NC1CCCC1OCC(C)NC1CCCC(SNC2COC2)C1O. The average Bonchev–Trinajstić information content (AvgIpc) is 3.01. The number of aliphatic hydroxyl groups is 1. The predicted octanol–water partition coefficient (Wildman–Crippen LogP) is 1.82. The quantitative estimate of drug-likeness (QED) is 0.416. The summed E-state index contributed by atoms with van der Waals surface area (Å²) in [5.74, 6) is 0. The Kier molecular flexibility index (Phi) is 8.69. The maximum Gasteiger partial charge on any atom is 0.0824 e. The maximum atomic E-state index is 10.8. The molecule has 27 heavy (non-hydrogen) atoms. The van der Waals surface area contributed by atoms with Crippen molar-refractivity contribution in [2.75, 3.05) is 19.8 Å². The molecule has 7 heteroatoms. The Morgan fingerprint density at radius 3 is 2.48 bits per heavy atom. The molecule has 1 aliphatic heterocycles. The van der Waals surface area contributed by atoms with Crippen molar-refractivity contribution in [1.82, 2.24) is 15.4 Å². The molecule has 1 heterocycles. The Morgan fingerprint density at radius 2 is 1.78 bits per heavy atom. The van der Waals surface area contributed by atoms with Gasteiger partial charge in [-0.25, -0.2) is 0 Å². The van der Waals surface area contributed by atoms with Gasteiger partial charge in [-0.05, 0) is 39.0 Å². The molecule has 6 unspecified atom stereocenters. The minimum atomic E-state index is -0.318. The minimum absolute atomic E-state index is 0.155. The van der Waals surface area contributed by atoms with Gasteiger partial charge in [0.2, 0.25) is 0 Å². The molecule has 3 rings (SSSR count). The van der Waals surface area contributed by atoms with Crippen LogP contribution in [0.4, 0.5) is 0 Å². The summed E-state index contributed by atoms with van der Waals surface area (Å²) in [6.45, 7) is 8.86. The highest BCUT2D eigenvalue weighted by Crippen LogP contribution is 2.29. The van der Waals surface area contributed by atoms with Crippen molar-refractivity contribution in [3.63, 3.8) is 0 Å². The summed E-state index contributed by atoms with van der Waals surface area (Å²) in [6.07, 6.45) is 6.88. The second-order valence-corrected chi connectivity index (χ2v) is 9.91. The Labute approximate surface area is 169 Å². The van der Waals surface area contributed by atoms with Gasteiger partial charge < -0.3 is 25.2 Å². The van der Waals surface area contributed by atoms with Gasteiger partial charge in [0.1, 0.15) is 0 Å². The molecule has 4 N–H and O–H groups in total. The van der Waals surface area contributed by atoms with Gasteiger partial charge in [0.15, 0.2) is 0 Å². The molecule has 6 nitrogen and oxygen atoms in total. The highest BCUT2D eigenvalue weighted by Gasteiger charge is 2.34. The summed E-state index contributed by atoms with van der Waals surface area (Å²) in [4.78, 5) is 0. The van der Waals surface area contributed by atoms with Crippen molar-refractivity contribution in [2.24, 2.45) is 0 Å². The maximum absolute atomic E-state index is 10.8. The molecule has 0 aromatic heterocycles. The van der Waals surface area contributed by atoms with Crippen LogP contribution in [0.15, 0.2) is 0 Å². The number of aliphatic hydroxyl groups excluding tert-OH is 1. The highest BCUT2D eigenvalue weighted by molar-refractivity contribution is 7.98. The molecule has 0 amide bonds. The molecule has 0 bridgehead atoms. The molecule has 2 aliphatic carbocycles. The van der Waals surface area contributed by atoms with Gasteiger partial charge in [0.25, 0.3) is 0 Å². The first-order valence-electron chi connectivity index (χ1n) is 10.8. The lowest BCUT2D eigenvalue weighted by molar-refractivity contribution is 0.00540. The van der Waals surface area contributed by atoms with Crippen LogP contribution in [0.3, 0.4) is 0 Å². The average molecular weight is 402 g/mol. The monoisotopic (exact) mass is 401 g/mol. The normalized spacial score (nSPS) is 36.1. The fourth-order valence-electron chi connectivity index (χ4n) is 4.36. The van der Waals surface area contributed by atoms with Crippen LogP contribution in [0.1, 0.15) is 59.3 Å². The number of ether oxygens (including phenoxy) is 2. The lowest BCUT2D eigenvalue weighted by atomic mass is 9.91. The van der Waals surface area contributed by atoms with Crippen molar-refractivity contribution in [2.45, 2.75) is 107 Å². The van der Waals surface area contributed by atoms with Crippen molar-refractivity contribution in [1.29, 1.82) is 0 Å². The zero-order chi connectivity index (χ0) is 19.2. The Balaban J connectivity index is 1.38. The summed E-state index contributed by atoms with van der Waals surface area (Å²) in [6, 6.07) is 1.84. The van der Waals surface area contributed by atoms with Gasteiger partial charge in [0, 0.05) is 29.4 Å². The van der Waals surface area contributed by atoms with Gasteiger partial charge in [-0.15, -0.1) is 0 Å². The molecule has 2 saturated carbocycles. The van der Waals surface area contributed by atoms with E-state index in [0.717, 1.165) is 38.9 Å². The first-order valence-corrected chi connectivity index (χ1v) is 11.7. The van der Waals surface area contributed by atoms with E-state index in [1.54, 1.807) is 11.9 Å². The van der Waals surface area contributed by atoms with Crippen molar-refractivity contribution in [3.8, 4) is 0 Å². The molecular formula is C20H39N3O3S. The third kappa shape index (κ3) is 6.56. The van der Waals surface area contributed by atoms with Crippen LogP contribution in [0.5, 0.6) is 0 Å². The Bertz CT molecular complexity index is 439. The fraction of sp³-hybridized carbons (Fsp3) is 1.00. The Hall–Kier alpha value is 0.110. The van der Waals surface area contributed by atoms with E-state index in [-0.39, 0.29) is 23.4 Å². The van der Waals surface area contributed by atoms with E-state index in [0.29, 0.717) is 30.8 Å². The van der Waals surface area contributed by atoms with Crippen LogP contribution in [-0.2, 0) is 9.47 Å². The van der Waals surface area contributed by atoms with Gasteiger partial charge >= 0.3 is 0 Å². The van der Waals surface area contributed by atoms with Crippen LogP contribution in [0, 0.1) is 0 Å². The summed E-state index contributed by atoms with van der Waals surface area (Å²) in [7, 11) is 0. The molecular weight excluding hydrogens is 362 g/mol. The van der Waals surface area contributed by atoms with E-state index in [4.69, 9.17) is 9.47 Å². The zero-order valence-corrected chi connectivity index (χ0v) is 18.0. The van der Waals surface area contributed by atoms with E-state index in [2.05, 4.69) is 36.1 Å². The Morgan fingerprint density at radius 1 is 1.04 bits per heavy atom. The molecule has 0 aromatic carbocycles. The molecule has 158 valence electrons. The van der Waals surface area contributed by atoms with Crippen LogP contribution in [-0.4, -0.2) is 72.6 Å². The van der Waals surface area contributed by atoms with Crippen molar-refractivity contribution >= 4 is 11.9 Å². The molecule has 0 radical (unpaired) electrons. The third-order valence-electron chi connectivity index (χ3n) is 5.88. The van der Waals surface area contributed by atoms with Gasteiger partial charge in [-0.1, -0.05) is 32.2 Å². The summed E-state index contributed by atoms with van der Waals surface area (Å²) in [5, 5.41) is 18.3. The molecule has 3 aliphatic rings. The van der Waals surface area contributed by atoms with Gasteiger partial charge in [-0.3, -0.25) is 4.72 Å². The van der Waals surface area contributed by atoms with Crippen LogP contribution >= 0.6 is 11.9 Å². The molecule has 6 atom stereocenters. The summed E-state index contributed by atoms with van der Waals surface area (Å²) >= 11 is 1.70. The number of hydrogen-bond donors (Lipinski definition) is 4. The van der Waals surface area contributed by atoms with Crippen LogP contribution < -0.4 is 15.4 Å². The number of nitrogens with one attached hydrogen (secondary N) is 3. The summed E-state index contributed by atoms with van der Waals surface area (Å²) < 4.78 is 14.9. The van der Waals surface area contributed by atoms with Crippen LogP contribution in [0.2, 0.25) is 0 Å². The topological polar surface area (TPSA) is 74.8 Å². The van der Waals surface area contributed by atoms with Crippen molar-refractivity contribution < 1.29 is 14.6 Å². The fourth-order valence-corrected chi connectivity index (χ4v) is 5.48. The van der Waals surface area contributed by atoms with Gasteiger partial charge in [0.05, 0.1) is 38.1 Å². The largest absolute Gasteiger partial charge is 0.390 e. The first-order chi connectivity index (χ1) is 13.0. The summed E-state index contributed by atoms with van der Waals surface area (Å²) in [5.41, 5.74) is 0. The van der Waals surface area contributed by atoms with E-state index in [9.17, 15) is 5.11 Å². The van der Waals surface area contributed by atoms with Gasteiger partial charge in [-0.2, -0.15) is 0 Å². The lowest BCUT2D eigenvalue weighted by Crippen LogP contribution is -2.53. The zero-order valence-electron chi connectivity index (χ0n) is 17.2. The van der Waals surface area contributed by atoms with E-state index in [1.165, 1.54) is 12.8 Å². The van der Waals surface area contributed by atoms with Crippen molar-refractivity contribution in [3.05, 3.63) is 0 Å². The molecule has 0 spiro atoms. The standard InChI is InChI=1S/C20H39N3O3S/c1-13(2)21-16-6-4-8-18(16)26-10-14(3)22-17-7-5-9-19(20(17)24)27-23-15-11-25-12-15/h13-24H,4-12H2,1-3H3. The minimum Gasteiger partial charge on any atom is -0.390 e. The molecule has 0 aromatic rings. The second-order valence-electron chi connectivity index (χ2n) is 8.83. The predicted molar refractivity (Wildman–Crippen MR) is 111 cm³/mol. The first kappa shape index (κ1) is 21.8. The molecule has 3 fully saturated rings. The smallest absolute Gasteiger partial charge is 0.0824 e.